The lowest BCUT2D eigenvalue weighted by molar-refractivity contribution is -0.124. The van der Waals surface area contributed by atoms with E-state index in [0.717, 1.165) is 12.8 Å². The summed E-state index contributed by atoms with van der Waals surface area (Å²) in [6.45, 7) is 0.673. The van der Waals surface area contributed by atoms with Gasteiger partial charge in [-0.1, -0.05) is 0 Å². The van der Waals surface area contributed by atoms with Crippen LogP contribution in [0.25, 0.3) is 0 Å². The van der Waals surface area contributed by atoms with Crippen LogP contribution in [-0.4, -0.2) is 23.2 Å². The Labute approximate surface area is 78.3 Å². The van der Waals surface area contributed by atoms with Gasteiger partial charge in [-0.2, -0.15) is 0 Å². The van der Waals surface area contributed by atoms with Gasteiger partial charge in [-0.05, 0) is 38.1 Å². The first-order valence-corrected chi connectivity index (χ1v) is 4.76. The van der Waals surface area contributed by atoms with E-state index in [1.54, 1.807) is 0 Å². The molecule has 76 valence electrons. The average Bonchev–Trinajstić information content (AvgIpc) is 2.04. The summed E-state index contributed by atoms with van der Waals surface area (Å²) in [6.07, 6.45) is 3.19. The molecule has 0 aliphatic heterocycles. The van der Waals surface area contributed by atoms with Gasteiger partial charge < -0.3 is 16.6 Å². The second kappa shape index (κ2) is 4.07. The summed E-state index contributed by atoms with van der Waals surface area (Å²) in [7, 11) is 0. The molecule has 1 aliphatic rings. The zero-order valence-electron chi connectivity index (χ0n) is 7.83. The van der Waals surface area contributed by atoms with Crippen molar-refractivity contribution in [2.75, 3.05) is 6.54 Å². The average molecular weight is 186 g/mol. The van der Waals surface area contributed by atoms with Crippen molar-refractivity contribution in [2.24, 2.45) is 17.4 Å². The van der Waals surface area contributed by atoms with Crippen molar-refractivity contribution in [1.29, 1.82) is 0 Å². The molecule has 13 heavy (non-hydrogen) atoms. The van der Waals surface area contributed by atoms with Gasteiger partial charge in [0, 0.05) is 0 Å². The van der Waals surface area contributed by atoms with Gasteiger partial charge in [0.25, 0.3) is 0 Å². The highest BCUT2D eigenvalue weighted by molar-refractivity contribution is 5.74. The number of rotatable bonds is 3. The van der Waals surface area contributed by atoms with Gasteiger partial charge in [0.15, 0.2) is 0 Å². The highest BCUT2D eigenvalue weighted by atomic mass is 16.3. The molecular weight excluding hydrogens is 168 g/mol. The van der Waals surface area contributed by atoms with E-state index in [0.29, 0.717) is 25.3 Å². The number of carbonyl (C=O) groups excluding carboxylic acids is 1. The van der Waals surface area contributed by atoms with E-state index in [1.807, 2.05) is 0 Å². The molecule has 0 heterocycles. The number of nitrogens with two attached hydrogens (primary N) is 2. The minimum Gasteiger partial charge on any atom is -0.389 e. The lowest BCUT2D eigenvalue weighted by atomic mass is 9.77. The Balaban J connectivity index is 2.41. The maximum Gasteiger partial charge on any atom is 0.220 e. The molecule has 0 atom stereocenters. The number of primary amides is 1. The summed E-state index contributed by atoms with van der Waals surface area (Å²) in [5.74, 6) is 0.0850. The van der Waals surface area contributed by atoms with Gasteiger partial charge in [-0.3, -0.25) is 4.79 Å². The van der Waals surface area contributed by atoms with Crippen molar-refractivity contribution in [3.63, 3.8) is 0 Å². The van der Waals surface area contributed by atoms with Crippen LogP contribution in [0.2, 0.25) is 0 Å². The predicted molar refractivity (Wildman–Crippen MR) is 49.8 cm³/mol. The molecule has 0 spiro atoms. The van der Waals surface area contributed by atoms with Crippen LogP contribution in [0.3, 0.4) is 0 Å². The highest BCUT2D eigenvalue weighted by Gasteiger charge is 2.33. The molecule has 1 rings (SSSR count). The van der Waals surface area contributed by atoms with Crippen LogP contribution in [-0.2, 0) is 4.79 Å². The molecule has 0 aromatic carbocycles. The molecule has 0 radical (unpaired) electrons. The fourth-order valence-corrected chi connectivity index (χ4v) is 1.95. The molecule has 0 unspecified atom stereocenters. The van der Waals surface area contributed by atoms with Crippen LogP contribution in [0.1, 0.15) is 32.1 Å². The monoisotopic (exact) mass is 186 g/mol. The fraction of sp³-hybridized carbons (Fsp3) is 0.889. The van der Waals surface area contributed by atoms with E-state index in [-0.39, 0.29) is 6.42 Å². The van der Waals surface area contributed by atoms with Gasteiger partial charge >= 0.3 is 0 Å². The highest BCUT2D eigenvalue weighted by Crippen LogP contribution is 2.33. The summed E-state index contributed by atoms with van der Waals surface area (Å²) in [5, 5.41) is 9.91. The maximum absolute atomic E-state index is 10.7. The number of aliphatic hydroxyl groups is 1. The van der Waals surface area contributed by atoms with Crippen LogP contribution in [0.4, 0.5) is 0 Å². The van der Waals surface area contributed by atoms with Crippen molar-refractivity contribution in [1.82, 2.24) is 0 Å². The summed E-state index contributed by atoms with van der Waals surface area (Å²) < 4.78 is 0. The van der Waals surface area contributed by atoms with Crippen LogP contribution >= 0.6 is 0 Å². The largest absolute Gasteiger partial charge is 0.389 e. The van der Waals surface area contributed by atoms with Gasteiger partial charge in [-0.25, -0.2) is 0 Å². The van der Waals surface area contributed by atoms with Crippen molar-refractivity contribution in [2.45, 2.75) is 37.7 Å². The lowest BCUT2D eigenvalue weighted by Gasteiger charge is -2.34. The van der Waals surface area contributed by atoms with E-state index in [4.69, 9.17) is 11.5 Å². The van der Waals surface area contributed by atoms with Gasteiger partial charge in [0.1, 0.15) is 0 Å². The van der Waals surface area contributed by atoms with Crippen LogP contribution < -0.4 is 11.5 Å². The number of hydrogen-bond acceptors (Lipinski definition) is 3. The van der Waals surface area contributed by atoms with Gasteiger partial charge in [0.05, 0.1) is 12.0 Å². The molecule has 4 heteroatoms. The molecule has 0 aromatic heterocycles. The fourth-order valence-electron chi connectivity index (χ4n) is 1.95. The molecule has 0 saturated heterocycles. The molecule has 1 fully saturated rings. The second-order valence-corrected chi connectivity index (χ2v) is 4.05. The Morgan fingerprint density at radius 2 is 2.00 bits per heavy atom. The Kier molecular flexibility index (Phi) is 3.27. The minimum absolute atomic E-state index is 0.0876. The van der Waals surface area contributed by atoms with E-state index in [9.17, 15) is 9.90 Å². The minimum atomic E-state index is -0.850. The molecule has 4 nitrogen and oxygen atoms in total. The van der Waals surface area contributed by atoms with Crippen LogP contribution in [0, 0.1) is 5.92 Å². The zero-order valence-corrected chi connectivity index (χ0v) is 7.83. The Bertz CT molecular complexity index is 186. The van der Waals surface area contributed by atoms with E-state index >= 15 is 0 Å². The molecule has 1 amide bonds. The third-order valence-electron chi connectivity index (χ3n) is 2.87. The van der Waals surface area contributed by atoms with Crippen molar-refractivity contribution in [3.05, 3.63) is 0 Å². The normalized spacial score (nSPS) is 34.5. The molecule has 1 saturated carbocycles. The molecular formula is C9H18N2O2. The zero-order chi connectivity index (χ0) is 9.90. The summed E-state index contributed by atoms with van der Waals surface area (Å²) in [6, 6.07) is 0. The van der Waals surface area contributed by atoms with Crippen molar-refractivity contribution in [3.8, 4) is 0 Å². The van der Waals surface area contributed by atoms with Gasteiger partial charge in [-0.15, -0.1) is 0 Å². The van der Waals surface area contributed by atoms with Crippen molar-refractivity contribution < 1.29 is 9.90 Å². The van der Waals surface area contributed by atoms with Crippen LogP contribution in [0.15, 0.2) is 0 Å². The maximum atomic E-state index is 10.7. The molecule has 0 aromatic rings. The van der Waals surface area contributed by atoms with E-state index < -0.39 is 11.5 Å². The first-order chi connectivity index (χ1) is 6.06. The first-order valence-electron chi connectivity index (χ1n) is 4.76. The Morgan fingerprint density at radius 1 is 1.46 bits per heavy atom. The number of hydrogen-bond donors (Lipinski definition) is 3. The van der Waals surface area contributed by atoms with Gasteiger partial charge in [0.2, 0.25) is 5.91 Å². The second-order valence-electron chi connectivity index (χ2n) is 4.05. The summed E-state index contributed by atoms with van der Waals surface area (Å²) >= 11 is 0. The van der Waals surface area contributed by atoms with E-state index in [1.165, 1.54) is 0 Å². The third kappa shape index (κ3) is 2.97. The predicted octanol–water partition coefficient (Wildman–Crippen LogP) is -0.258. The quantitative estimate of drug-likeness (QED) is 0.567. The molecule has 5 N–H and O–H groups in total. The molecule has 0 bridgehead atoms. The van der Waals surface area contributed by atoms with E-state index in [2.05, 4.69) is 0 Å². The lowest BCUT2D eigenvalue weighted by Crippen LogP contribution is -2.39. The van der Waals surface area contributed by atoms with Crippen LogP contribution in [0.5, 0.6) is 0 Å². The Hall–Kier alpha value is -0.610. The van der Waals surface area contributed by atoms with Crippen molar-refractivity contribution >= 4 is 5.91 Å². The number of carbonyl (C=O) groups is 1. The summed E-state index contributed by atoms with van der Waals surface area (Å²) in [5.41, 5.74) is 9.72. The first kappa shape index (κ1) is 10.5. The Morgan fingerprint density at radius 3 is 2.38 bits per heavy atom. The third-order valence-corrected chi connectivity index (χ3v) is 2.87. The topological polar surface area (TPSA) is 89.3 Å². The SMILES string of the molecule is NCC1CCC(O)(CC(N)=O)CC1. The summed E-state index contributed by atoms with van der Waals surface area (Å²) in [4.78, 5) is 10.7. The smallest absolute Gasteiger partial charge is 0.220 e. The molecule has 1 aliphatic carbocycles. The number of amides is 1. The standard InChI is InChI=1S/C9H18N2O2/c10-6-7-1-3-9(13,4-2-7)5-8(11)12/h7,13H,1-6,10H2,(H2,11,12).